The molecule has 2 aliphatic carbocycles. The van der Waals surface area contributed by atoms with Crippen LogP contribution in [-0.2, 0) is 13.0 Å². The topological polar surface area (TPSA) is 29.5 Å². The summed E-state index contributed by atoms with van der Waals surface area (Å²) in [7, 11) is 0. The van der Waals surface area contributed by atoms with Crippen LogP contribution in [0.4, 0.5) is 17.6 Å². The van der Waals surface area contributed by atoms with Gasteiger partial charge in [0.2, 0.25) is 0 Å². The number of fused-ring (bicyclic) bond motifs is 3. The van der Waals surface area contributed by atoms with Gasteiger partial charge in [-0.2, -0.15) is 8.78 Å². The number of halogens is 4. The highest BCUT2D eigenvalue weighted by Crippen LogP contribution is 2.65. The second-order valence-corrected chi connectivity index (χ2v) is 9.13. The molecule has 1 aliphatic heterocycles. The average molecular weight is 394 g/mol. The molecular weight excluding hydrogens is 372 g/mol. The number of hydrogen-bond acceptors (Lipinski definition) is 2. The minimum atomic E-state index is -3.42. The SMILES string of the molecule is CC1CC2(C1)CC(C1Cc3ccc4cc(CO)c(F)c(F)c4c3OC1(F)F)C2. The Balaban J connectivity index is 1.50. The second kappa shape index (κ2) is 5.85. The van der Waals surface area contributed by atoms with Crippen LogP contribution in [0.15, 0.2) is 18.2 Å². The summed E-state index contributed by atoms with van der Waals surface area (Å²) < 4.78 is 63.6. The first-order chi connectivity index (χ1) is 13.2. The highest BCUT2D eigenvalue weighted by molar-refractivity contribution is 5.91. The summed E-state index contributed by atoms with van der Waals surface area (Å²) in [4.78, 5) is 0. The summed E-state index contributed by atoms with van der Waals surface area (Å²) in [5, 5.41) is 9.14. The van der Waals surface area contributed by atoms with Gasteiger partial charge in [-0.25, -0.2) is 8.78 Å². The van der Waals surface area contributed by atoms with Crippen LogP contribution < -0.4 is 4.74 Å². The van der Waals surface area contributed by atoms with E-state index in [9.17, 15) is 22.7 Å². The van der Waals surface area contributed by atoms with Crippen LogP contribution in [0.2, 0.25) is 0 Å². The smallest absolute Gasteiger partial charge is 0.401 e. The minimum absolute atomic E-state index is 0.0946. The van der Waals surface area contributed by atoms with Crippen molar-refractivity contribution in [2.75, 3.05) is 0 Å². The van der Waals surface area contributed by atoms with Crippen molar-refractivity contribution in [3.63, 3.8) is 0 Å². The van der Waals surface area contributed by atoms with Crippen molar-refractivity contribution in [1.82, 2.24) is 0 Å². The number of aliphatic hydroxyl groups is 1. The summed E-state index contributed by atoms with van der Waals surface area (Å²) in [6.45, 7) is 1.52. The van der Waals surface area contributed by atoms with E-state index in [-0.39, 0.29) is 39.8 Å². The molecule has 6 heteroatoms. The van der Waals surface area contributed by atoms with Crippen molar-refractivity contribution in [3.8, 4) is 5.75 Å². The number of ether oxygens (including phenoxy) is 1. The van der Waals surface area contributed by atoms with Crippen LogP contribution in [0.1, 0.15) is 43.7 Å². The van der Waals surface area contributed by atoms with Crippen molar-refractivity contribution >= 4 is 10.8 Å². The van der Waals surface area contributed by atoms with Crippen LogP contribution in [-0.4, -0.2) is 11.2 Å². The molecule has 2 nitrogen and oxygen atoms in total. The fraction of sp³-hybridized carbons (Fsp3) is 0.545. The lowest BCUT2D eigenvalue weighted by Crippen LogP contribution is -2.54. The molecule has 1 N–H and O–H groups in total. The van der Waals surface area contributed by atoms with Gasteiger partial charge in [0.25, 0.3) is 0 Å². The Bertz CT molecular complexity index is 957. The molecular formula is C22H22F4O2. The highest BCUT2D eigenvalue weighted by atomic mass is 19.3. The summed E-state index contributed by atoms with van der Waals surface area (Å²) in [5.74, 6) is -3.12. The van der Waals surface area contributed by atoms with Gasteiger partial charge in [0, 0.05) is 5.56 Å². The summed E-state index contributed by atoms with van der Waals surface area (Å²) in [6, 6.07) is 4.50. The standard InChI is InChI=1S/C22H22F4O2/c1-11-6-21(7-11)8-15(9-21)16-5-13-3-2-12-4-14(10-27)18(23)19(24)17(12)20(13)28-22(16,25)26/h2-4,11,15-16,27H,5-10H2,1H3. The number of alkyl halides is 2. The van der Waals surface area contributed by atoms with Crippen LogP contribution in [0, 0.1) is 34.8 Å². The molecule has 0 bridgehead atoms. The van der Waals surface area contributed by atoms with E-state index >= 15 is 0 Å². The molecule has 2 aromatic carbocycles. The highest BCUT2D eigenvalue weighted by Gasteiger charge is 2.59. The van der Waals surface area contributed by atoms with E-state index in [1.807, 2.05) is 0 Å². The van der Waals surface area contributed by atoms with Gasteiger partial charge in [0.05, 0.1) is 17.9 Å². The number of hydrogen-bond donors (Lipinski definition) is 1. The second-order valence-electron chi connectivity index (χ2n) is 9.13. The van der Waals surface area contributed by atoms with Crippen molar-refractivity contribution < 1.29 is 27.4 Å². The van der Waals surface area contributed by atoms with Gasteiger partial charge in [0.1, 0.15) is 5.75 Å². The van der Waals surface area contributed by atoms with E-state index in [1.54, 1.807) is 12.1 Å². The Morgan fingerprint density at radius 3 is 2.46 bits per heavy atom. The molecule has 2 saturated carbocycles. The van der Waals surface area contributed by atoms with Crippen molar-refractivity contribution in [3.05, 3.63) is 41.0 Å². The van der Waals surface area contributed by atoms with E-state index in [1.165, 1.54) is 6.07 Å². The average Bonchev–Trinajstić information content (AvgIpc) is 2.58. The Morgan fingerprint density at radius 2 is 1.82 bits per heavy atom. The van der Waals surface area contributed by atoms with E-state index in [4.69, 9.17) is 4.74 Å². The van der Waals surface area contributed by atoms with Crippen molar-refractivity contribution in [2.24, 2.45) is 23.2 Å². The van der Waals surface area contributed by atoms with Crippen LogP contribution in [0.5, 0.6) is 5.75 Å². The van der Waals surface area contributed by atoms with Gasteiger partial charge in [-0.3, -0.25) is 0 Å². The Labute approximate surface area is 160 Å². The zero-order chi connectivity index (χ0) is 19.8. The van der Waals surface area contributed by atoms with Gasteiger partial charge in [-0.1, -0.05) is 19.1 Å². The van der Waals surface area contributed by atoms with Gasteiger partial charge >= 0.3 is 6.11 Å². The normalized spacial score (nSPS) is 33.1. The Morgan fingerprint density at radius 1 is 1.11 bits per heavy atom. The maximum absolute atomic E-state index is 14.9. The molecule has 150 valence electrons. The molecule has 1 heterocycles. The Kier molecular flexibility index (Phi) is 3.81. The van der Waals surface area contributed by atoms with E-state index in [0.717, 1.165) is 25.7 Å². The zero-order valence-corrected chi connectivity index (χ0v) is 15.6. The largest absolute Gasteiger partial charge is 0.431 e. The first kappa shape index (κ1) is 18.2. The molecule has 0 radical (unpaired) electrons. The molecule has 2 aromatic rings. The number of aliphatic hydroxyl groups excluding tert-OH is 1. The van der Waals surface area contributed by atoms with E-state index in [2.05, 4.69) is 6.92 Å². The third kappa shape index (κ3) is 2.49. The fourth-order valence-electron chi connectivity index (χ4n) is 5.98. The first-order valence-electron chi connectivity index (χ1n) is 9.83. The third-order valence-electron chi connectivity index (χ3n) is 7.10. The third-order valence-corrected chi connectivity index (χ3v) is 7.10. The first-order valence-corrected chi connectivity index (χ1v) is 9.83. The summed E-state index contributed by atoms with van der Waals surface area (Å²) in [6.07, 6.45) is 0.501. The fourth-order valence-corrected chi connectivity index (χ4v) is 5.98. The quantitative estimate of drug-likeness (QED) is 0.674. The predicted molar refractivity (Wildman–Crippen MR) is 96.1 cm³/mol. The van der Waals surface area contributed by atoms with Gasteiger partial charge in [-0.05, 0) is 66.4 Å². The molecule has 2 fully saturated rings. The number of rotatable bonds is 2. The van der Waals surface area contributed by atoms with Crippen LogP contribution in [0.25, 0.3) is 10.8 Å². The maximum Gasteiger partial charge on any atom is 0.401 e. The zero-order valence-electron chi connectivity index (χ0n) is 15.6. The lowest BCUT2D eigenvalue weighted by Gasteiger charge is -2.59. The monoisotopic (exact) mass is 394 g/mol. The minimum Gasteiger partial charge on any atom is -0.431 e. The van der Waals surface area contributed by atoms with Gasteiger partial charge in [0.15, 0.2) is 11.6 Å². The van der Waals surface area contributed by atoms with Gasteiger partial charge in [-0.15, -0.1) is 0 Å². The lowest BCUT2D eigenvalue weighted by atomic mass is 9.46. The molecule has 0 saturated heterocycles. The molecule has 1 atom stereocenters. The number of benzene rings is 2. The van der Waals surface area contributed by atoms with E-state index < -0.39 is 30.3 Å². The molecule has 0 aromatic heterocycles. The van der Waals surface area contributed by atoms with Gasteiger partial charge < -0.3 is 9.84 Å². The maximum atomic E-state index is 14.9. The van der Waals surface area contributed by atoms with Crippen molar-refractivity contribution in [1.29, 1.82) is 0 Å². The lowest BCUT2D eigenvalue weighted by molar-refractivity contribution is -0.255. The summed E-state index contributed by atoms with van der Waals surface area (Å²) in [5.41, 5.74) is 0.529. The van der Waals surface area contributed by atoms with Crippen LogP contribution in [0.3, 0.4) is 0 Å². The molecule has 3 aliphatic rings. The Hall–Kier alpha value is -1.82. The molecule has 1 unspecified atom stereocenters. The molecule has 0 amide bonds. The van der Waals surface area contributed by atoms with Crippen LogP contribution >= 0.6 is 0 Å². The molecule has 1 spiro atoms. The van der Waals surface area contributed by atoms with Crippen molar-refractivity contribution in [2.45, 2.75) is 51.7 Å². The molecule has 28 heavy (non-hydrogen) atoms. The predicted octanol–water partition coefficient (Wildman–Crippen LogP) is 5.58. The molecule has 5 rings (SSSR count). The van der Waals surface area contributed by atoms with E-state index in [0.29, 0.717) is 11.5 Å². The summed E-state index contributed by atoms with van der Waals surface area (Å²) >= 11 is 0.